The fraction of sp³-hybridized carbons (Fsp3) is 0.200. The molecule has 2 heterocycles. The van der Waals surface area contributed by atoms with Crippen LogP contribution in [0.1, 0.15) is 11.3 Å². The van der Waals surface area contributed by atoms with Gasteiger partial charge in [0, 0.05) is 30.2 Å². The number of aryl methyl sites for hydroxylation is 1. The van der Waals surface area contributed by atoms with Crippen LogP contribution in [0.4, 0.5) is 5.69 Å². The summed E-state index contributed by atoms with van der Waals surface area (Å²) in [6, 6.07) is 1.48. The Labute approximate surface area is 110 Å². The molecule has 2 aromatic heterocycles. The zero-order valence-corrected chi connectivity index (χ0v) is 11.0. The monoisotopic (exact) mass is 282 g/mol. The van der Waals surface area contributed by atoms with Crippen molar-refractivity contribution in [1.29, 1.82) is 0 Å². The smallest absolute Gasteiger partial charge is 0.244 e. The standard InChI is InChI=1S/C10H14N6O2S/c1-7-8(4-13-16-7)5-14-19(17,18)10-6-12-3-2-9(10)15-11/h2-4,6,14H,5,11H2,1H3,(H,12,15)(H,13,16). The van der Waals surface area contributed by atoms with Gasteiger partial charge in [0.1, 0.15) is 4.90 Å². The molecule has 0 aliphatic heterocycles. The molecule has 0 fully saturated rings. The van der Waals surface area contributed by atoms with E-state index in [0.29, 0.717) is 0 Å². The first-order valence-electron chi connectivity index (χ1n) is 5.43. The molecular weight excluding hydrogens is 268 g/mol. The van der Waals surface area contributed by atoms with E-state index in [0.717, 1.165) is 11.3 Å². The molecule has 0 aliphatic carbocycles. The van der Waals surface area contributed by atoms with Crippen LogP contribution >= 0.6 is 0 Å². The second-order valence-corrected chi connectivity index (χ2v) is 5.60. The van der Waals surface area contributed by atoms with Crippen LogP contribution in [0.3, 0.4) is 0 Å². The van der Waals surface area contributed by atoms with Gasteiger partial charge < -0.3 is 5.43 Å². The lowest BCUT2D eigenvalue weighted by molar-refractivity contribution is 0.581. The molecule has 0 bridgehead atoms. The highest BCUT2D eigenvalue weighted by Crippen LogP contribution is 2.18. The van der Waals surface area contributed by atoms with Crippen LogP contribution in [-0.4, -0.2) is 23.6 Å². The summed E-state index contributed by atoms with van der Waals surface area (Å²) in [6.45, 7) is 1.96. The van der Waals surface area contributed by atoms with Crippen LogP contribution in [-0.2, 0) is 16.6 Å². The number of nitrogens with one attached hydrogen (secondary N) is 3. The van der Waals surface area contributed by atoms with Crippen molar-refractivity contribution < 1.29 is 8.42 Å². The van der Waals surface area contributed by atoms with Crippen molar-refractivity contribution in [3.8, 4) is 0 Å². The van der Waals surface area contributed by atoms with Gasteiger partial charge in [-0.25, -0.2) is 13.1 Å². The van der Waals surface area contributed by atoms with E-state index >= 15 is 0 Å². The van der Waals surface area contributed by atoms with Crippen LogP contribution in [0, 0.1) is 6.92 Å². The fourth-order valence-electron chi connectivity index (χ4n) is 1.52. The highest BCUT2D eigenvalue weighted by molar-refractivity contribution is 7.89. The number of hydrazine groups is 1. The van der Waals surface area contributed by atoms with Crippen molar-refractivity contribution >= 4 is 15.7 Å². The van der Waals surface area contributed by atoms with Gasteiger partial charge in [0.2, 0.25) is 10.0 Å². The second-order valence-electron chi connectivity index (χ2n) is 3.86. The van der Waals surface area contributed by atoms with E-state index in [1.807, 2.05) is 6.92 Å². The predicted octanol–water partition coefficient (Wildman–Crippen LogP) is -0.123. The molecule has 0 amide bonds. The van der Waals surface area contributed by atoms with Gasteiger partial charge in [-0.15, -0.1) is 0 Å². The van der Waals surface area contributed by atoms with Gasteiger partial charge in [-0.05, 0) is 13.0 Å². The quantitative estimate of drug-likeness (QED) is 0.447. The molecule has 0 aromatic carbocycles. The minimum absolute atomic E-state index is 0.00125. The van der Waals surface area contributed by atoms with Crippen molar-refractivity contribution in [3.63, 3.8) is 0 Å². The van der Waals surface area contributed by atoms with Crippen molar-refractivity contribution in [2.45, 2.75) is 18.4 Å². The number of aromatic amines is 1. The van der Waals surface area contributed by atoms with Gasteiger partial charge in [-0.3, -0.25) is 15.9 Å². The molecule has 0 unspecified atom stereocenters. The fourth-order valence-corrected chi connectivity index (χ4v) is 2.63. The van der Waals surface area contributed by atoms with Crippen molar-refractivity contribution in [1.82, 2.24) is 19.9 Å². The SMILES string of the molecule is Cc1[nH]ncc1CNS(=O)(=O)c1cnccc1NN. The maximum Gasteiger partial charge on any atom is 0.244 e. The summed E-state index contributed by atoms with van der Waals surface area (Å²) >= 11 is 0. The van der Waals surface area contributed by atoms with E-state index in [-0.39, 0.29) is 17.1 Å². The van der Waals surface area contributed by atoms with E-state index < -0.39 is 10.0 Å². The minimum Gasteiger partial charge on any atom is -0.323 e. The highest BCUT2D eigenvalue weighted by atomic mass is 32.2. The number of hydrogen-bond donors (Lipinski definition) is 4. The van der Waals surface area contributed by atoms with Gasteiger partial charge in [0.05, 0.1) is 11.9 Å². The van der Waals surface area contributed by atoms with Crippen LogP contribution in [0.5, 0.6) is 0 Å². The number of hydrogen-bond acceptors (Lipinski definition) is 6. The summed E-state index contributed by atoms with van der Waals surface area (Å²) < 4.78 is 26.8. The number of nitrogens with two attached hydrogens (primary N) is 1. The second kappa shape index (κ2) is 5.34. The third-order valence-corrected chi connectivity index (χ3v) is 4.05. The molecule has 0 radical (unpaired) electrons. The Bertz CT molecular complexity index is 666. The molecule has 0 aliphatic rings. The topological polar surface area (TPSA) is 126 Å². The summed E-state index contributed by atoms with van der Waals surface area (Å²) in [7, 11) is -3.69. The molecule has 0 saturated heterocycles. The van der Waals surface area contributed by atoms with Gasteiger partial charge in [-0.1, -0.05) is 0 Å². The Morgan fingerprint density at radius 2 is 2.21 bits per heavy atom. The van der Waals surface area contributed by atoms with E-state index in [1.54, 1.807) is 6.20 Å². The molecule has 102 valence electrons. The average molecular weight is 282 g/mol. The van der Waals surface area contributed by atoms with Gasteiger partial charge in [0.15, 0.2) is 0 Å². The number of nitrogen functional groups attached to an aromatic ring is 1. The lowest BCUT2D eigenvalue weighted by atomic mass is 10.3. The number of nitrogens with zero attached hydrogens (tertiary/aromatic N) is 2. The van der Waals surface area contributed by atoms with Crippen molar-refractivity contribution in [3.05, 3.63) is 35.9 Å². The lowest BCUT2D eigenvalue weighted by Gasteiger charge is -2.09. The van der Waals surface area contributed by atoms with Gasteiger partial charge >= 0.3 is 0 Å². The number of aromatic nitrogens is 3. The first-order chi connectivity index (χ1) is 9.04. The lowest BCUT2D eigenvalue weighted by Crippen LogP contribution is -2.25. The van der Waals surface area contributed by atoms with Crippen molar-refractivity contribution in [2.24, 2.45) is 5.84 Å². The van der Waals surface area contributed by atoms with E-state index in [2.05, 4.69) is 25.3 Å². The third kappa shape index (κ3) is 2.89. The molecule has 19 heavy (non-hydrogen) atoms. The van der Waals surface area contributed by atoms with Crippen LogP contribution in [0.2, 0.25) is 0 Å². The average Bonchev–Trinajstić information content (AvgIpc) is 2.82. The highest BCUT2D eigenvalue weighted by Gasteiger charge is 2.18. The Balaban J connectivity index is 2.21. The summed E-state index contributed by atoms with van der Waals surface area (Å²) in [4.78, 5) is 3.79. The number of rotatable bonds is 5. The Hall–Kier alpha value is -1.97. The van der Waals surface area contributed by atoms with Crippen LogP contribution in [0.15, 0.2) is 29.6 Å². The van der Waals surface area contributed by atoms with Crippen LogP contribution in [0.25, 0.3) is 0 Å². The first-order valence-corrected chi connectivity index (χ1v) is 6.92. The van der Waals surface area contributed by atoms with Crippen molar-refractivity contribution in [2.75, 3.05) is 5.43 Å². The molecule has 2 rings (SSSR count). The predicted molar refractivity (Wildman–Crippen MR) is 69.4 cm³/mol. The molecule has 0 spiro atoms. The van der Waals surface area contributed by atoms with Crippen LogP contribution < -0.4 is 16.0 Å². The summed E-state index contributed by atoms with van der Waals surface area (Å²) in [5.74, 6) is 5.28. The number of sulfonamides is 1. The van der Waals surface area contributed by atoms with E-state index in [9.17, 15) is 8.42 Å². The maximum absolute atomic E-state index is 12.1. The third-order valence-electron chi connectivity index (χ3n) is 2.62. The summed E-state index contributed by atoms with van der Waals surface area (Å²) in [5.41, 5.74) is 4.20. The molecule has 0 saturated carbocycles. The Morgan fingerprint density at radius 1 is 1.42 bits per heavy atom. The summed E-state index contributed by atoms with van der Waals surface area (Å²) in [6.07, 6.45) is 4.26. The summed E-state index contributed by atoms with van der Waals surface area (Å²) in [5, 5.41) is 6.56. The maximum atomic E-state index is 12.1. The molecule has 9 heteroatoms. The number of H-pyrrole nitrogens is 1. The zero-order chi connectivity index (χ0) is 13.9. The molecule has 8 nitrogen and oxygen atoms in total. The zero-order valence-electron chi connectivity index (χ0n) is 10.2. The largest absolute Gasteiger partial charge is 0.323 e. The van der Waals surface area contributed by atoms with Gasteiger partial charge in [-0.2, -0.15) is 5.10 Å². The Morgan fingerprint density at radius 3 is 2.84 bits per heavy atom. The Kier molecular flexibility index (Phi) is 3.79. The molecule has 5 N–H and O–H groups in total. The number of pyridine rings is 1. The molecular formula is C10H14N6O2S. The number of anilines is 1. The van der Waals surface area contributed by atoms with E-state index in [1.165, 1.54) is 18.5 Å². The minimum atomic E-state index is -3.69. The normalized spacial score (nSPS) is 11.5. The van der Waals surface area contributed by atoms with E-state index in [4.69, 9.17) is 5.84 Å². The molecule has 2 aromatic rings. The molecule has 0 atom stereocenters. The first kappa shape index (κ1) is 13.5. The van der Waals surface area contributed by atoms with Gasteiger partial charge in [0.25, 0.3) is 0 Å².